The second-order valence-electron chi connectivity index (χ2n) is 5.73. The molecule has 3 fully saturated rings. The maximum Gasteiger partial charge on any atom is 0.0571 e. The lowest BCUT2D eigenvalue weighted by Gasteiger charge is -2.45. The number of benzene rings is 1. The Morgan fingerprint density at radius 1 is 1.06 bits per heavy atom. The van der Waals surface area contributed by atoms with Crippen LogP contribution in [0.3, 0.4) is 0 Å². The van der Waals surface area contributed by atoms with Crippen molar-refractivity contribution in [3.8, 4) is 0 Å². The van der Waals surface area contributed by atoms with E-state index < -0.39 is 0 Å². The Kier molecular flexibility index (Phi) is 3.14. The molecule has 92 valence electrons. The molecule has 0 radical (unpaired) electrons. The molecule has 0 spiro atoms. The summed E-state index contributed by atoms with van der Waals surface area (Å²) < 4.78 is 0. The normalized spacial score (nSPS) is 36.1. The third kappa shape index (κ3) is 2.36. The van der Waals surface area contributed by atoms with Crippen molar-refractivity contribution in [1.29, 1.82) is 0 Å². The van der Waals surface area contributed by atoms with Crippen molar-refractivity contribution in [1.82, 2.24) is 0 Å². The highest BCUT2D eigenvalue weighted by atomic mass is 35.5. The highest BCUT2D eigenvalue weighted by molar-refractivity contribution is 6.30. The molecule has 1 N–H and O–H groups in total. The number of rotatable bonds is 2. The first kappa shape index (κ1) is 11.6. The largest absolute Gasteiger partial charge is 0.393 e. The van der Waals surface area contributed by atoms with Crippen molar-refractivity contribution in [2.24, 2.45) is 17.8 Å². The molecule has 3 aliphatic rings. The number of hydrogen-bond acceptors (Lipinski definition) is 1. The van der Waals surface area contributed by atoms with Crippen LogP contribution in [0.25, 0.3) is 0 Å². The van der Waals surface area contributed by atoms with Gasteiger partial charge in [0.15, 0.2) is 0 Å². The summed E-state index contributed by atoms with van der Waals surface area (Å²) in [7, 11) is 0. The van der Waals surface area contributed by atoms with Crippen molar-refractivity contribution in [2.45, 2.75) is 38.2 Å². The second-order valence-corrected chi connectivity index (χ2v) is 6.16. The molecular weight excluding hydrogens is 232 g/mol. The SMILES string of the molecule is OC1CC2CCC1CC2Cc1ccc(Cl)cc1. The highest BCUT2D eigenvalue weighted by Gasteiger charge is 2.40. The summed E-state index contributed by atoms with van der Waals surface area (Å²) in [5, 5.41) is 10.7. The van der Waals surface area contributed by atoms with Gasteiger partial charge in [0.1, 0.15) is 0 Å². The van der Waals surface area contributed by atoms with Gasteiger partial charge in [0.2, 0.25) is 0 Å². The van der Waals surface area contributed by atoms with Gasteiger partial charge in [0, 0.05) is 5.02 Å². The van der Waals surface area contributed by atoms with E-state index in [0.717, 1.165) is 29.7 Å². The fourth-order valence-corrected chi connectivity index (χ4v) is 3.82. The number of hydrogen-bond donors (Lipinski definition) is 1. The molecule has 2 heteroatoms. The summed E-state index contributed by atoms with van der Waals surface area (Å²) in [5.74, 6) is 2.08. The maximum atomic E-state index is 9.90. The van der Waals surface area contributed by atoms with E-state index in [-0.39, 0.29) is 6.10 Å². The predicted molar refractivity (Wildman–Crippen MR) is 70.1 cm³/mol. The maximum absolute atomic E-state index is 9.90. The van der Waals surface area contributed by atoms with E-state index in [1.165, 1.54) is 24.8 Å². The van der Waals surface area contributed by atoms with Gasteiger partial charge in [-0.25, -0.2) is 0 Å². The molecule has 0 aliphatic heterocycles. The van der Waals surface area contributed by atoms with Crippen molar-refractivity contribution < 1.29 is 5.11 Å². The van der Waals surface area contributed by atoms with Crippen LogP contribution in [-0.2, 0) is 6.42 Å². The monoisotopic (exact) mass is 250 g/mol. The Balaban J connectivity index is 1.68. The third-order valence-electron chi connectivity index (χ3n) is 4.68. The average molecular weight is 251 g/mol. The molecule has 1 nitrogen and oxygen atoms in total. The first-order valence-electron chi connectivity index (χ1n) is 6.65. The zero-order valence-corrected chi connectivity index (χ0v) is 10.7. The van der Waals surface area contributed by atoms with E-state index >= 15 is 0 Å². The van der Waals surface area contributed by atoms with Crippen LogP contribution >= 0.6 is 11.6 Å². The molecule has 0 aromatic heterocycles. The molecule has 4 atom stereocenters. The number of halogens is 1. The standard InChI is InChI=1S/C15H19ClO/c16-14-5-1-10(2-6-14)7-13-8-12-4-3-11(13)9-15(12)17/h1-2,5-6,11-13,15,17H,3-4,7-9H2. The highest BCUT2D eigenvalue weighted by Crippen LogP contribution is 2.46. The molecule has 17 heavy (non-hydrogen) atoms. The van der Waals surface area contributed by atoms with Gasteiger partial charge in [0.25, 0.3) is 0 Å². The van der Waals surface area contributed by atoms with Crippen molar-refractivity contribution in [3.05, 3.63) is 34.9 Å². The smallest absolute Gasteiger partial charge is 0.0571 e. The quantitative estimate of drug-likeness (QED) is 0.849. The average Bonchev–Trinajstić information content (AvgIpc) is 2.34. The molecule has 3 saturated carbocycles. The Hall–Kier alpha value is -0.530. The Morgan fingerprint density at radius 2 is 1.76 bits per heavy atom. The van der Waals surface area contributed by atoms with Gasteiger partial charge in [-0.2, -0.15) is 0 Å². The molecule has 3 aliphatic carbocycles. The number of aliphatic hydroxyl groups is 1. The van der Waals surface area contributed by atoms with E-state index in [9.17, 15) is 5.11 Å². The second kappa shape index (κ2) is 4.62. The van der Waals surface area contributed by atoms with Crippen molar-refractivity contribution in [3.63, 3.8) is 0 Å². The zero-order valence-electron chi connectivity index (χ0n) is 9.98. The Labute approximate surface area is 108 Å². The van der Waals surface area contributed by atoms with Gasteiger partial charge in [-0.15, -0.1) is 0 Å². The van der Waals surface area contributed by atoms with Gasteiger partial charge >= 0.3 is 0 Å². The van der Waals surface area contributed by atoms with E-state index in [2.05, 4.69) is 12.1 Å². The van der Waals surface area contributed by atoms with E-state index in [1.807, 2.05) is 12.1 Å². The van der Waals surface area contributed by atoms with Crippen molar-refractivity contribution in [2.75, 3.05) is 0 Å². The molecule has 4 unspecified atom stereocenters. The van der Waals surface area contributed by atoms with Gasteiger partial charge in [-0.05, 0) is 67.6 Å². The molecule has 0 saturated heterocycles. The summed E-state index contributed by atoms with van der Waals surface area (Å²) in [6, 6.07) is 8.24. The van der Waals surface area contributed by atoms with E-state index in [1.54, 1.807) is 0 Å². The molecule has 0 heterocycles. The zero-order chi connectivity index (χ0) is 11.8. The molecule has 1 aromatic carbocycles. The van der Waals surface area contributed by atoms with Crippen LogP contribution in [0, 0.1) is 17.8 Å². The fourth-order valence-electron chi connectivity index (χ4n) is 3.70. The van der Waals surface area contributed by atoms with Crippen LogP contribution in [0.15, 0.2) is 24.3 Å². The summed E-state index contributed by atoms with van der Waals surface area (Å²) >= 11 is 5.90. The lowest BCUT2D eigenvalue weighted by Crippen LogP contribution is -2.41. The van der Waals surface area contributed by atoms with Crippen molar-refractivity contribution >= 4 is 11.6 Å². The van der Waals surface area contributed by atoms with E-state index in [0.29, 0.717) is 5.92 Å². The molecule has 2 bridgehead atoms. The summed E-state index contributed by atoms with van der Waals surface area (Å²) in [5.41, 5.74) is 1.39. The minimum absolute atomic E-state index is 0.0183. The lowest BCUT2D eigenvalue weighted by molar-refractivity contribution is -0.0303. The predicted octanol–water partition coefficient (Wildman–Crippen LogP) is 3.68. The lowest BCUT2D eigenvalue weighted by atomic mass is 9.62. The summed E-state index contributed by atoms with van der Waals surface area (Å²) in [6.07, 6.45) is 5.95. The fraction of sp³-hybridized carbons (Fsp3) is 0.600. The van der Waals surface area contributed by atoms with Crippen LogP contribution in [0.2, 0.25) is 5.02 Å². The Bertz CT molecular complexity index is 386. The van der Waals surface area contributed by atoms with Gasteiger partial charge in [0.05, 0.1) is 6.10 Å². The minimum Gasteiger partial charge on any atom is -0.393 e. The van der Waals surface area contributed by atoms with Crippen LogP contribution in [0.4, 0.5) is 0 Å². The molecule has 4 rings (SSSR count). The third-order valence-corrected chi connectivity index (χ3v) is 4.93. The molecule has 0 amide bonds. The summed E-state index contributed by atoms with van der Waals surface area (Å²) in [6.45, 7) is 0. The Morgan fingerprint density at radius 3 is 2.35 bits per heavy atom. The minimum atomic E-state index is -0.0183. The van der Waals surface area contributed by atoms with Crippen LogP contribution in [-0.4, -0.2) is 11.2 Å². The number of aliphatic hydroxyl groups excluding tert-OH is 1. The van der Waals surface area contributed by atoms with Crippen LogP contribution in [0.1, 0.15) is 31.2 Å². The van der Waals surface area contributed by atoms with Crippen LogP contribution < -0.4 is 0 Å². The molecular formula is C15H19ClO. The first-order valence-corrected chi connectivity index (χ1v) is 7.02. The van der Waals surface area contributed by atoms with Gasteiger partial charge in [-0.3, -0.25) is 0 Å². The number of fused-ring (bicyclic) bond motifs is 3. The van der Waals surface area contributed by atoms with E-state index in [4.69, 9.17) is 11.6 Å². The van der Waals surface area contributed by atoms with Gasteiger partial charge < -0.3 is 5.11 Å². The molecule has 1 aromatic rings. The topological polar surface area (TPSA) is 20.2 Å². The van der Waals surface area contributed by atoms with Gasteiger partial charge in [-0.1, -0.05) is 23.7 Å². The van der Waals surface area contributed by atoms with Crippen LogP contribution in [0.5, 0.6) is 0 Å². The first-order chi connectivity index (χ1) is 8.22. The summed E-state index contributed by atoms with van der Waals surface area (Å²) in [4.78, 5) is 0.